The smallest absolute Gasteiger partial charge is 0.407 e. The third-order valence-electron chi connectivity index (χ3n) is 8.51. The highest BCUT2D eigenvalue weighted by Gasteiger charge is 2.34. The summed E-state index contributed by atoms with van der Waals surface area (Å²) < 4.78 is 11.1. The van der Waals surface area contributed by atoms with Crippen LogP contribution in [0.4, 0.5) is 9.59 Å². The molecular formula is C36H32N2O6S2. The fourth-order valence-corrected chi connectivity index (χ4v) is 6.81. The van der Waals surface area contributed by atoms with E-state index in [1.165, 1.54) is 0 Å². The van der Waals surface area contributed by atoms with Crippen molar-refractivity contribution in [1.82, 2.24) is 10.6 Å². The standard InChI is InChI=1S/C36H32N2O6S2/c39-33(31(19-45)37-35(41)43-17-29-25-13-5-1-9-21(25)22-10-2-6-14-26(22)29)34(40)32(20-46)38-36(42)44-18-30-27-15-7-3-11-23(27)24-12-4-8-16-28(24)30/h1-16,29-32,45-46H,17-20H2,(H,37,41)(H,38,42)/t31-,32-/m0/s1. The van der Waals surface area contributed by atoms with Crippen molar-refractivity contribution in [2.75, 3.05) is 24.7 Å². The van der Waals surface area contributed by atoms with Crippen LogP contribution in [0.25, 0.3) is 22.3 Å². The van der Waals surface area contributed by atoms with E-state index in [2.05, 4.69) is 35.9 Å². The quantitative estimate of drug-likeness (QED) is 0.121. The molecule has 46 heavy (non-hydrogen) atoms. The predicted octanol–water partition coefficient (Wildman–Crippen LogP) is 5.80. The fourth-order valence-electron chi connectivity index (χ4n) is 6.30. The minimum absolute atomic E-state index is 0.0455. The Morgan fingerprint density at radius 3 is 1.09 bits per heavy atom. The number of amides is 2. The van der Waals surface area contributed by atoms with Gasteiger partial charge in [-0.05, 0) is 44.5 Å². The van der Waals surface area contributed by atoms with Crippen LogP contribution in [0.5, 0.6) is 0 Å². The van der Waals surface area contributed by atoms with Crippen molar-refractivity contribution in [3.8, 4) is 22.3 Å². The highest BCUT2D eigenvalue weighted by molar-refractivity contribution is 7.80. The van der Waals surface area contributed by atoms with Crippen LogP contribution in [0.3, 0.4) is 0 Å². The number of nitrogens with one attached hydrogen (secondary N) is 2. The summed E-state index contributed by atoms with van der Waals surface area (Å²) in [5, 5.41) is 4.91. The number of carbonyl (C=O) groups excluding carboxylic acids is 4. The number of thiol groups is 2. The maximum Gasteiger partial charge on any atom is 0.407 e. The lowest BCUT2D eigenvalue weighted by molar-refractivity contribution is -0.138. The molecule has 0 radical (unpaired) electrons. The Morgan fingerprint density at radius 2 is 0.804 bits per heavy atom. The van der Waals surface area contributed by atoms with Gasteiger partial charge in [0.2, 0.25) is 11.6 Å². The molecule has 2 aliphatic rings. The molecule has 0 fully saturated rings. The third kappa shape index (κ3) is 6.15. The minimum Gasteiger partial charge on any atom is -0.449 e. The van der Waals surface area contributed by atoms with E-state index in [4.69, 9.17) is 9.47 Å². The van der Waals surface area contributed by atoms with Crippen LogP contribution in [0.15, 0.2) is 97.1 Å². The lowest BCUT2D eigenvalue weighted by Gasteiger charge is -2.20. The van der Waals surface area contributed by atoms with Gasteiger partial charge in [0, 0.05) is 23.3 Å². The summed E-state index contributed by atoms with van der Waals surface area (Å²) in [7, 11) is 0. The van der Waals surface area contributed by atoms with Gasteiger partial charge in [-0.2, -0.15) is 25.3 Å². The van der Waals surface area contributed by atoms with Crippen LogP contribution >= 0.6 is 25.3 Å². The van der Waals surface area contributed by atoms with Gasteiger partial charge in [0.1, 0.15) is 25.3 Å². The summed E-state index contributed by atoms with van der Waals surface area (Å²) in [6.07, 6.45) is -1.71. The van der Waals surface area contributed by atoms with Gasteiger partial charge in [0.15, 0.2) is 0 Å². The zero-order valence-corrected chi connectivity index (χ0v) is 26.5. The number of rotatable bonds is 11. The molecule has 2 N–H and O–H groups in total. The minimum atomic E-state index is -1.27. The monoisotopic (exact) mass is 652 g/mol. The Labute approximate surface area is 277 Å². The number of benzene rings is 4. The second-order valence-corrected chi connectivity index (χ2v) is 11.9. The van der Waals surface area contributed by atoms with Crippen LogP contribution in [0.1, 0.15) is 34.1 Å². The number of alkyl carbamates (subject to hydrolysis) is 2. The Kier molecular flexibility index (Phi) is 9.46. The van der Waals surface area contributed by atoms with E-state index in [-0.39, 0.29) is 36.6 Å². The predicted molar refractivity (Wildman–Crippen MR) is 182 cm³/mol. The summed E-state index contributed by atoms with van der Waals surface area (Å²) in [5.41, 5.74) is 8.53. The molecule has 0 unspecified atom stereocenters. The fraction of sp³-hybridized carbons (Fsp3) is 0.222. The van der Waals surface area contributed by atoms with Gasteiger partial charge in [0.05, 0.1) is 0 Å². The largest absolute Gasteiger partial charge is 0.449 e. The Morgan fingerprint density at radius 1 is 0.522 bits per heavy atom. The summed E-state index contributed by atoms with van der Waals surface area (Å²) in [6.45, 7) is 0.0911. The first-order valence-electron chi connectivity index (χ1n) is 14.9. The molecule has 8 nitrogen and oxygen atoms in total. The molecule has 4 aromatic rings. The molecule has 0 bridgehead atoms. The zero-order valence-electron chi connectivity index (χ0n) is 24.7. The van der Waals surface area contributed by atoms with Crippen molar-refractivity contribution in [2.24, 2.45) is 0 Å². The Hall–Kier alpha value is -4.54. The van der Waals surface area contributed by atoms with Gasteiger partial charge in [-0.3, -0.25) is 9.59 Å². The number of hydrogen-bond acceptors (Lipinski definition) is 8. The van der Waals surface area contributed by atoms with Crippen LogP contribution < -0.4 is 10.6 Å². The summed E-state index contributed by atoms with van der Waals surface area (Å²) in [6, 6.07) is 29.2. The van der Waals surface area contributed by atoms with E-state index in [1.54, 1.807) is 0 Å². The van der Waals surface area contributed by atoms with Crippen LogP contribution in [0, 0.1) is 0 Å². The van der Waals surface area contributed by atoms with Gasteiger partial charge in [-0.15, -0.1) is 0 Å². The zero-order chi connectivity index (χ0) is 32.2. The lowest BCUT2D eigenvalue weighted by Crippen LogP contribution is -2.52. The number of ketones is 2. The lowest BCUT2D eigenvalue weighted by atomic mass is 9.98. The third-order valence-corrected chi connectivity index (χ3v) is 9.24. The van der Waals surface area contributed by atoms with Gasteiger partial charge in [0.25, 0.3) is 0 Å². The maximum atomic E-state index is 13.1. The van der Waals surface area contributed by atoms with Gasteiger partial charge >= 0.3 is 12.2 Å². The van der Waals surface area contributed by atoms with Gasteiger partial charge < -0.3 is 20.1 Å². The summed E-state index contributed by atoms with van der Waals surface area (Å²) >= 11 is 8.35. The van der Waals surface area contributed by atoms with Crippen molar-refractivity contribution < 1.29 is 28.7 Å². The summed E-state index contributed by atoms with van der Waals surface area (Å²) in [4.78, 5) is 51.8. The molecular weight excluding hydrogens is 621 g/mol. The molecule has 6 rings (SSSR count). The molecule has 2 aliphatic carbocycles. The van der Waals surface area contributed by atoms with E-state index in [0.717, 1.165) is 44.5 Å². The molecule has 234 valence electrons. The van der Waals surface area contributed by atoms with Gasteiger partial charge in [-0.1, -0.05) is 97.1 Å². The van der Waals surface area contributed by atoms with Crippen molar-refractivity contribution in [2.45, 2.75) is 23.9 Å². The Bertz CT molecular complexity index is 1590. The summed E-state index contributed by atoms with van der Waals surface area (Å²) in [5.74, 6) is -2.50. The SMILES string of the molecule is O=C(N[C@@H](CS)C(=O)C(=O)[C@H](CS)NC(=O)OCC1c2ccccc2-c2ccccc21)OCC1c2ccccc2-c2ccccc21. The topological polar surface area (TPSA) is 111 Å². The Balaban J connectivity index is 1.03. The molecule has 2 amide bonds. The average Bonchev–Trinajstić information content (AvgIpc) is 3.59. The first-order chi connectivity index (χ1) is 22.4. The van der Waals surface area contributed by atoms with Crippen molar-refractivity contribution in [3.05, 3.63) is 119 Å². The highest BCUT2D eigenvalue weighted by atomic mass is 32.1. The molecule has 4 aromatic carbocycles. The highest BCUT2D eigenvalue weighted by Crippen LogP contribution is 2.45. The number of ether oxygens (including phenoxy) is 2. The maximum absolute atomic E-state index is 13.1. The number of Topliss-reactive ketones (excluding diaryl/α,β-unsaturated/α-hetero) is 2. The van der Waals surface area contributed by atoms with E-state index in [0.29, 0.717) is 0 Å². The first kappa shape index (κ1) is 31.4. The number of carbonyl (C=O) groups is 4. The molecule has 0 saturated carbocycles. The second-order valence-electron chi connectivity index (χ2n) is 11.1. The average molecular weight is 653 g/mol. The van der Waals surface area contributed by atoms with E-state index in [1.807, 2.05) is 97.1 Å². The molecule has 0 saturated heterocycles. The molecule has 2 atom stereocenters. The number of fused-ring (bicyclic) bond motifs is 6. The molecule has 10 heteroatoms. The molecule has 0 aromatic heterocycles. The number of hydrogen-bond donors (Lipinski definition) is 4. The van der Waals surface area contributed by atoms with Gasteiger partial charge in [-0.25, -0.2) is 9.59 Å². The van der Waals surface area contributed by atoms with E-state index >= 15 is 0 Å². The normalized spacial score (nSPS) is 14.2. The van der Waals surface area contributed by atoms with E-state index in [9.17, 15) is 19.2 Å². The van der Waals surface area contributed by atoms with Crippen molar-refractivity contribution in [1.29, 1.82) is 0 Å². The second kappa shape index (κ2) is 13.8. The first-order valence-corrected chi connectivity index (χ1v) is 16.2. The van der Waals surface area contributed by atoms with E-state index < -0.39 is 35.8 Å². The molecule has 0 heterocycles. The van der Waals surface area contributed by atoms with Crippen molar-refractivity contribution in [3.63, 3.8) is 0 Å². The van der Waals surface area contributed by atoms with Crippen LogP contribution in [-0.2, 0) is 19.1 Å². The van der Waals surface area contributed by atoms with Crippen LogP contribution in [0.2, 0.25) is 0 Å². The molecule has 0 spiro atoms. The molecule has 0 aliphatic heterocycles. The van der Waals surface area contributed by atoms with Crippen LogP contribution in [-0.4, -0.2) is 60.6 Å². The van der Waals surface area contributed by atoms with Crippen molar-refractivity contribution >= 4 is 49.0 Å².